The highest BCUT2D eigenvalue weighted by Crippen LogP contribution is 2.19. The van der Waals surface area contributed by atoms with Crippen molar-refractivity contribution < 1.29 is 0 Å². The predicted molar refractivity (Wildman–Crippen MR) is 130 cm³/mol. The van der Waals surface area contributed by atoms with Crippen molar-refractivity contribution in [3.05, 3.63) is 106 Å². The van der Waals surface area contributed by atoms with Gasteiger partial charge in [0.25, 0.3) is 5.56 Å². The second-order valence-electron chi connectivity index (χ2n) is 7.71. The Bertz CT molecular complexity index is 1520. The summed E-state index contributed by atoms with van der Waals surface area (Å²) >= 11 is 0. The Morgan fingerprint density at radius 3 is 2.34 bits per heavy atom. The third-order valence-electron chi connectivity index (χ3n) is 5.72. The molecule has 32 heavy (non-hydrogen) atoms. The molecule has 0 radical (unpaired) electrons. The van der Waals surface area contributed by atoms with Gasteiger partial charge < -0.3 is 9.55 Å². The van der Waals surface area contributed by atoms with Gasteiger partial charge in [-0.3, -0.25) is 9.79 Å². The predicted octanol–water partition coefficient (Wildman–Crippen LogP) is 4.71. The van der Waals surface area contributed by atoms with Crippen molar-refractivity contribution in [2.45, 2.75) is 19.9 Å². The van der Waals surface area contributed by atoms with Crippen LogP contribution in [0.1, 0.15) is 12.5 Å². The summed E-state index contributed by atoms with van der Waals surface area (Å²) < 4.78 is 2.10. The van der Waals surface area contributed by atoms with Gasteiger partial charge in [0.05, 0.1) is 10.9 Å². The number of rotatable bonds is 5. The monoisotopic (exact) mass is 420 g/mol. The quantitative estimate of drug-likeness (QED) is 0.419. The molecule has 1 N–H and O–H groups in total. The minimum atomic E-state index is -0.166. The van der Waals surface area contributed by atoms with Crippen LogP contribution in [0.3, 0.4) is 0 Å². The Kier molecular flexibility index (Phi) is 5.38. The van der Waals surface area contributed by atoms with E-state index in [1.54, 1.807) is 0 Å². The van der Waals surface area contributed by atoms with Gasteiger partial charge in [-0.05, 0) is 25.0 Å². The normalized spacial score (nSPS) is 12.0. The fourth-order valence-corrected chi connectivity index (χ4v) is 4.19. The second-order valence-corrected chi connectivity index (χ2v) is 7.71. The number of H-pyrrole nitrogens is 1. The Hall–Kier alpha value is -3.99. The third kappa shape index (κ3) is 3.62. The van der Waals surface area contributed by atoms with Gasteiger partial charge in [-0.2, -0.15) is 0 Å². The zero-order valence-corrected chi connectivity index (χ0v) is 18.0. The molecule has 0 bridgehead atoms. The van der Waals surface area contributed by atoms with Crippen LogP contribution in [0.25, 0.3) is 33.3 Å². The van der Waals surface area contributed by atoms with E-state index in [4.69, 9.17) is 9.98 Å². The number of nitrogens with one attached hydrogen (secondary N) is 1. The van der Waals surface area contributed by atoms with Crippen LogP contribution in [0.5, 0.6) is 0 Å². The summed E-state index contributed by atoms with van der Waals surface area (Å²) in [5.41, 5.74) is 3.62. The molecular formula is C27H24N4O. The molecule has 5 heteroatoms. The molecule has 0 saturated heterocycles. The van der Waals surface area contributed by atoms with Crippen molar-refractivity contribution in [2.24, 2.45) is 4.99 Å². The van der Waals surface area contributed by atoms with Crippen molar-refractivity contribution in [3.63, 3.8) is 0 Å². The lowest BCUT2D eigenvalue weighted by atomic mass is 10.1. The van der Waals surface area contributed by atoms with Crippen LogP contribution in [-0.2, 0) is 13.0 Å². The summed E-state index contributed by atoms with van der Waals surface area (Å²) in [5.74, 6) is 0.566. The van der Waals surface area contributed by atoms with E-state index in [-0.39, 0.29) is 5.56 Å². The molecule has 5 aromatic rings. The van der Waals surface area contributed by atoms with E-state index in [2.05, 4.69) is 34.7 Å². The Labute approximate surface area is 185 Å². The SMILES string of the molecule is CCn1c2ccccc2c(=NCCc2ccccc2)c2c(=O)[nH]c(-c3ccccc3)nc21. The number of aromatic nitrogens is 3. The summed E-state index contributed by atoms with van der Waals surface area (Å²) in [4.78, 5) is 26.2. The first-order valence-electron chi connectivity index (χ1n) is 10.9. The Morgan fingerprint density at radius 1 is 0.906 bits per heavy atom. The first-order chi connectivity index (χ1) is 15.8. The van der Waals surface area contributed by atoms with Crippen LogP contribution in [0.4, 0.5) is 0 Å². The number of hydrogen-bond acceptors (Lipinski definition) is 3. The molecule has 0 unspecified atom stereocenters. The number of aryl methyl sites for hydroxylation is 1. The summed E-state index contributed by atoms with van der Waals surface area (Å²) in [6.07, 6.45) is 0.812. The van der Waals surface area contributed by atoms with Crippen LogP contribution in [0, 0.1) is 0 Å². The second kappa shape index (κ2) is 8.63. The Morgan fingerprint density at radius 2 is 1.59 bits per heavy atom. The molecule has 0 saturated carbocycles. The fraction of sp³-hybridized carbons (Fsp3) is 0.148. The molecule has 158 valence electrons. The van der Waals surface area contributed by atoms with Crippen molar-refractivity contribution in [1.29, 1.82) is 0 Å². The number of benzene rings is 3. The number of fused-ring (bicyclic) bond motifs is 2. The van der Waals surface area contributed by atoms with E-state index >= 15 is 0 Å². The minimum Gasteiger partial charge on any atom is -0.325 e. The number of aromatic amines is 1. The molecule has 5 rings (SSSR count). The number of hydrogen-bond donors (Lipinski definition) is 1. The molecule has 0 aliphatic carbocycles. The molecule has 2 aromatic heterocycles. The molecule has 3 aromatic carbocycles. The number of para-hydroxylation sites is 1. The van der Waals surface area contributed by atoms with Crippen molar-refractivity contribution in [2.75, 3.05) is 6.54 Å². The summed E-state index contributed by atoms with van der Waals surface area (Å²) in [6.45, 7) is 3.37. The molecule has 2 heterocycles. The highest BCUT2D eigenvalue weighted by atomic mass is 16.1. The summed E-state index contributed by atoms with van der Waals surface area (Å²) in [6, 6.07) is 28.1. The Balaban J connectivity index is 1.78. The zero-order chi connectivity index (χ0) is 21.9. The highest BCUT2D eigenvalue weighted by molar-refractivity contribution is 5.91. The van der Waals surface area contributed by atoms with Gasteiger partial charge >= 0.3 is 0 Å². The van der Waals surface area contributed by atoms with E-state index in [9.17, 15) is 4.79 Å². The largest absolute Gasteiger partial charge is 0.325 e. The standard InChI is InChI=1S/C27H24N4O/c1-2-31-22-16-10-9-15-21(22)24(28-18-17-19-11-5-3-6-12-19)23-26(31)29-25(30-27(23)32)20-13-7-4-8-14-20/h3-16H,2,17-18H2,1H3,(H,29,30,32). The smallest absolute Gasteiger partial charge is 0.262 e. The number of pyridine rings is 1. The highest BCUT2D eigenvalue weighted by Gasteiger charge is 2.15. The number of nitrogens with zero attached hydrogens (tertiary/aromatic N) is 3. The molecule has 0 aliphatic heterocycles. The molecule has 0 spiro atoms. The van der Waals surface area contributed by atoms with Crippen LogP contribution in [-0.4, -0.2) is 21.1 Å². The van der Waals surface area contributed by atoms with Crippen molar-refractivity contribution in [1.82, 2.24) is 14.5 Å². The first kappa shape index (κ1) is 19.9. The van der Waals surface area contributed by atoms with Crippen LogP contribution in [0.15, 0.2) is 94.7 Å². The van der Waals surface area contributed by atoms with Crippen LogP contribution in [0.2, 0.25) is 0 Å². The van der Waals surface area contributed by atoms with Crippen LogP contribution >= 0.6 is 0 Å². The van der Waals surface area contributed by atoms with Gasteiger partial charge in [0.1, 0.15) is 11.2 Å². The molecule has 0 aliphatic rings. The lowest BCUT2D eigenvalue weighted by Crippen LogP contribution is -2.23. The summed E-state index contributed by atoms with van der Waals surface area (Å²) in [7, 11) is 0. The van der Waals surface area contributed by atoms with E-state index < -0.39 is 0 Å². The summed E-state index contributed by atoms with van der Waals surface area (Å²) in [5, 5.41) is 2.22. The van der Waals surface area contributed by atoms with Crippen molar-refractivity contribution >= 4 is 21.9 Å². The van der Waals surface area contributed by atoms with Gasteiger partial charge in [0.2, 0.25) is 0 Å². The van der Waals surface area contributed by atoms with Gasteiger partial charge in [-0.1, -0.05) is 78.9 Å². The third-order valence-corrected chi connectivity index (χ3v) is 5.72. The maximum Gasteiger partial charge on any atom is 0.262 e. The van der Waals surface area contributed by atoms with Crippen molar-refractivity contribution in [3.8, 4) is 11.4 Å². The first-order valence-corrected chi connectivity index (χ1v) is 10.9. The average Bonchev–Trinajstić information content (AvgIpc) is 2.84. The maximum absolute atomic E-state index is 13.4. The maximum atomic E-state index is 13.4. The molecule has 5 nitrogen and oxygen atoms in total. The van der Waals surface area contributed by atoms with E-state index in [0.29, 0.717) is 35.3 Å². The van der Waals surface area contributed by atoms with Gasteiger partial charge in [-0.25, -0.2) is 4.98 Å². The van der Waals surface area contributed by atoms with Gasteiger partial charge in [0, 0.05) is 24.0 Å². The molecule has 0 amide bonds. The van der Waals surface area contributed by atoms with E-state index in [0.717, 1.165) is 22.9 Å². The lowest BCUT2D eigenvalue weighted by molar-refractivity contribution is 0.806. The zero-order valence-electron chi connectivity index (χ0n) is 18.0. The van der Waals surface area contributed by atoms with E-state index in [1.807, 2.05) is 66.7 Å². The lowest BCUT2D eigenvalue weighted by Gasteiger charge is -2.14. The topological polar surface area (TPSA) is 63.0 Å². The fourth-order valence-electron chi connectivity index (χ4n) is 4.19. The van der Waals surface area contributed by atoms with E-state index in [1.165, 1.54) is 5.56 Å². The molecular weight excluding hydrogens is 396 g/mol. The minimum absolute atomic E-state index is 0.166. The molecule has 0 atom stereocenters. The van der Waals surface area contributed by atoms with Gasteiger partial charge in [-0.15, -0.1) is 0 Å². The molecule has 0 fully saturated rings. The van der Waals surface area contributed by atoms with Crippen LogP contribution < -0.4 is 10.9 Å². The average molecular weight is 421 g/mol. The van der Waals surface area contributed by atoms with Gasteiger partial charge in [0.15, 0.2) is 5.65 Å².